The summed E-state index contributed by atoms with van der Waals surface area (Å²) in [5.74, 6) is 0.937. The molecule has 0 aliphatic heterocycles. The second-order valence-electron chi connectivity index (χ2n) is 5.69. The lowest BCUT2D eigenvalue weighted by Crippen LogP contribution is -2.41. The van der Waals surface area contributed by atoms with Crippen LogP contribution in [0.3, 0.4) is 0 Å². The number of halogens is 1. The van der Waals surface area contributed by atoms with E-state index in [4.69, 9.17) is 0 Å². The molecule has 3 rings (SSSR count). The Balaban J connectivity index is 1.75. The molecule has 0 spiro atoms. The number of carbonyl (C=O) groups excluding carboxylic acids is 1. The Labute approximate surface area is 116 Å². The average Bonchev–Trinajstić information content (AvgIpc) is 3.21. The maximum absolute atomic E-state index is 12.5. The van der Waals surface area contributed by atoms with Crippen LogP contribution in [0.15, 0.2) is 28.7 Å². The van der Waals surface area contributed by atoms with Crippen LogP contribution in [-0.4, -0.2) is 11.9 Å². The van der Waals surface area contributed by atoms with Gasteiger partial charge in [-0.05, 0) is 56.2 Å². The highest BCUT2D eigenvalue weighted by Crippen LogP contribution is 2.49. The van der Waals surface area contributed by atoms with Gasteiger partial charge in [0.25, 0.3) is 0 Å². The fraction of sp³-hybridized carbons (Fsp3) is 0.533. The summed E-state index contributed by atoms with van der Waals surface area (Å²) in [5.41, 5.74) is 0.907. The SMILES string of the molecule is CC(NC(=O)C1(c2cccc(Br)c2)CC1)C1CC1. The highest BCUT2D eigenvalue weighted by Gasteiger charge is 2.51. The molecule has 2 aliphatic rings. The number of rotatable bonds is 4. The van der Waals surface area contributed by atoms with Gasteiger partial charge in [0, 0.05) is 10.5 Å². The molecule has 0 bridgehead atoms. The number of amides is 1. The van der Waals surface area contributed by atoms with E-state index in [-0.39, 0.29) is 11.3 Å². The van der Waals surface area contributed by atoms with Crippen LogP contribution in [0.2, 0.25) is 0 Å². The number of hydrogen-bond donors (Lipinski definition) is 1. The molecule has 0 aromatic heterocycles. The highest BCUT2D eigenvalue weighted by molar-refractivity contribution is 9.10. The molecule has 0 heterocycles. The Bertz CT molecular complexity index is 477. The van der Waals surface area contributed by atoms with Crippen molar-refractivity contribution in [1.82, 2.24) is 5.32 Å². The van der Waals surface area contributed by atoms with Crippen molar-refractivity contribution in [3.8, 4) is 0 Å². The van der Waals surface area contributed by atoms with E-state index in [1.807, 2.05) is 12.1 Å². The summed E-state index contributed by atoms with van der Waals surface area (Å²) in [7, 11) is 0. The molecule has 2 nitrogen and oxygen atoms in total. The van der Waals surface area contributed by atoms with E-state index >= 15 is 0 Å². The van der Waals surface area contributed by atoms with Gasteiger partial charge in [-0.2, -0.15) is 0 Å². The van der Waals surface area contributed by atoms with Crippen LogP contribution >= 0.6 is 15.9 Å². The minimum absolute atomic E-state index is 0.222. The summed E-state index contributed by atoms with van der Waals surface area (Å²) >= 11 is 3.48. The quantitative estimate of drug-likeness (QED) is 0.907. The van der Waals surface area contributed by atoms with Crippen molar-refractivity contribution in [3.63, 3.8) is 0 Å². The van der Waals surface area contributed by atoms with E-state index in [0.29, 0.717) is 12.0 Å². The van der Waals surface area contributed by atoms with Crippen LogP contribution in [0.4, 0.5) is 0 Å². The van der Waals surface area contributed by atoms with E-state index in [1.165, 1.54) is 12.8 Å². The molecular weight excluding hydrogens is 290 g/mol. The van der Waals surface area contributed by atoms with Crippen molar-refractivity contribution >= 4 is 21.8 Å². The Morgan fingerprint density at radius 2 is 2.17 bits per heavy atom. The van der Waals surface area contributed by atoms with Gasteiger partial charge in [-0.1, -0.05) is 28.1 Å². The van der Waals surface area contributed by atoms with E-state index < -0.39 is 0 Å². The molecular formula is C15H18BrNO. The van der Waals surface area contributed by atoms with Crippen LogP contribution in [0.1, 0.15) is 38.2 Å². The third kappa shape index (κ3) is 2.20. The summed E-state index contributed by atoms with van der Waals surface area (Å²) in [6.07, 6.45) is 4.50. The number of carbonyl (C=O) groups is 1. The van der Waals surface area contributed by atoms with Gasteiger partial charge in [0.2, 0.25) is 5.91 Å². The summed E-state index contributed by atoms with van der Waals surface area (Å²) in [5, 5.41) is 3.21. The molecule has 0 saturated heterocycles. The van der Waals surface area contributed by atoms with Crippen LogP contribution in [0, 0.1) is 5.92 Å². The van der Waals surface area contributed by atoms with Crippen LogP contribution in [0.25, 0.3) is 0 Å². The van der Waals surface area contributed by atoms with Crippen molar-refractivity contribution in [3.05, 3.63) is 34.3 Å². The standard InChI is InChI=1S/C15H18BrNO/c1-10(11-5-6-11)17-14(18)15(7-8-15)12-3-2-4-13(16)9-12/h2-4,9-11H,5-8H2,1H3,(H,17,18). The maximum Gasteiger partial charge on any atom is 0.230 e. The molecule has 1 aromatic carbocycles. The molecule has 96 valence electrons. The van der Waals surface area contributed by atoms with Gasteiger partial charge in [-0.25, -0.2) is 0 Å². The van der Waals surface area contributed by atoms with E-state index in [1.54, 1.807) is 0 Å². The first-order valence-corrected chi connectivity index (χ1v) is 7.48. The Morgan fingerprint density at radius 3 is 2.72 bits per heavy atom. The summed E-state index contributed by atoms with van der Waals surface area (Å²) in [6, 6.07) is 8.50. The molecule has 1 unspecified atom stereocenters. The molecule has 2 aliphatic carbocycles. The zero-order chi connectivity index (χ0) is 12.8. The lowest BCUT2D eigenvalue weighted by Gasteiger charge is -2.20. The number of hydrogen-bond acceptors (Lipinski definition) is 1. The Kier molecular flexibility index (Phi) is 2.97. The fourth-order valence-electron chi connectivity index (χ4n) is 2.62. The lowest BCUT2D eigenvalue weighted by atomic mass is 9.94. The van der Waals surface area contributed by atoms with Gasteiger partial charge >= 0.3 is 0 Å². The van der Waals surface area contributed by atoms with Gasteiger partial charge in [-0.3, -0.25) is 4.79 Å². The molecule has 1 N–H and O–H groups in total. The second-order valence-corrected chi connectivity index (χ2v) is 6.61. The smallest absolute Gasteiger partial charge is 0.230 e. The second kappa shape index (κ2) is 4.37. The fourth-order valence-corrected chi connectivity index (χ4v) is 3.02. The van der Waals surface area contributed by atoms with E-state index in [0.717, 1.165) is 22.9 Å². The van der Waals surface area contributed by atoms with E-state index in [9.17, 15) is 4.79 Å². The van der Waals surface area contributed by atoms with Gasteiger partial charge < -0.3 is 5.32 Å². The first-order chi connectivity index (χ1) is 8.62. The molecule has 1 aromatic rings. The van der Waals surface area contributed by atoms with Crippen LogP contribution < -0.4 is 5.32 Å². The summed E-state index contributed by atoms with van der Waals surface area (Å²) in [6.45, 7) is 2.13. The van der Waals surface area contributed by atoms with Crippen molar-refractivity contribution in [2.75, 3.05) is 0 Å². The normalized spacial score (nSPS) is 22.3. The van der Waals surface area contributed by atoms with Crippen molar-refractivity contribution < 1.29 is 4.79 Å². The van der Waals surface area contributed by atoms with Gasteiger partial charge in [-0.15, -0.1) is 0 Å². The zero-order valence-electron chi connectivity index (χ0n) is 10.6. The highest BCUT2D eigenvalue weighted by atomic mass is 79.9. The number of benzene rings is 1. The molecule has 2 saturated carbocycles. The molecule has 18 heavy (non-hydrogen) atoms. The first-order valence-electron chi connectivity index (χ1n) is 6.69. The van der Waals surface area contributed by atoms with E-state index in [2.05, 4.69) is 40.3 Å². The predicted molar refractivity (Wildman–Crippen MR) is 75.4 cm³/mol. The van der Waals surface area contributed by atoms with Gasteiger partial charge in [0.05, 0.1) is 5.41 Å². The largest absolute Gasteiger partial charge is 0.353 e. The minimum atomic E-state index is -0.243. The van der Waals surface area contributed by atoms with Crippen molar-refractivity contribution in [1.29, 1.82) is 0 Å². The van der Waals surface area contributed by atoms with Crippen molar-refractivity contribution in [2.24, 2.45) is 5.92 Å². The average molecular weight is 308 g/mol. The van der Waals surface area contributed by atoms with Gasteiger partial charge in [0.15, 0.2) is 0 Å². The third-order valence-electron chi connectivity index (χ3n) is 4.25. The van der Waals surface area contributed by atoms with Gasteiger partial charge in [0.1, 0.15) is 0 Å². The summed E-state index contributed by atoms with van der Waals surface area (Å²) < 4.78 is 1.05. The summed E-state index contributed by atoms with van der Waals surface area (Å²) in [4.78, 5) is 12.5. The lowest BCUT2D eigenvalue weighted by molar-refractivity contribution is -0.124. The zero-order valence-corrected chi connectivity index (χ0v) is 12.2. The topological polar surface area (TPSA) is 29.1 Å². The molecule has 0 radical (unpaired) electrons. The van der Waals surface area contributed by atoms with Crippen LogP contribution in [0.5, 0.6) is 0 Å². The molecule has 2 fully saturated rings. The Morgan fingerprint density at radius 1 is 1.44 bits per heavy atom. The number of nitrogens with one attached hydrogen (secondary N) is 1. The monoisotopic (exact) mass is 307 g/mol. The minimum Gasteiger partial charge on any atom is -0.353 e. The molecule has 1 amide bonds. The molecule has 3 heteroatoms. The maximum atomic E-state index is 12.5. The van der Waals surface area contributed by atoms with Crippen molar-refractivity contribution in [2.45, 2.75) is 44.1 Å². The Hall–Kier alpha value is -0.830. The van der Waals surface area contributed by atoms with Crippen LogP contribution in [-0.2, 0) is 10.2 Å². The third-order valence-corrected chi connectivity index (χ3v) is 4.74. The first kappa shape index (κ1) is 12.2. The predicted octanol–water partition coefficient (Wildman–Crippen LogP) is 3.40. The molecule has 1 atom stereocenters.